The average Bonchev–Trinajstić information content (AvgIpc) is 2.39. The number of hydrogen-bond acceptors (Lipinski definition) is 4. The van der Waals surface area contributed by atoms with E-state index >= 15 is 0 Å². The molecule has 0 aliphatic heterocycles. The lowest BCUT2D eigenvalue weighted by Crippen LogP contribution is -2.14. The zero-order valence-corrected chi connectivity index (χ0v) is 13.6. The van der Waals surface area contributed by atoms with Crippen molar-refractivity contribution in [2.45, 2.75) is 25.0 Å². The molecule has 1 aromatic heterocycles. The third kappa shape index (κ3) is 3.47. The van der Waals surface area contributed by atoms with Gasteiger partial charge in [0, 0.05) is 18.2 Å². The zero-order valence-electron chi connectivity index (χ0n) is 12.0. The summed E-state index contributed by atoms with van der Waals surface area (Å²) in [4.78, 5) is 8.19. The second-order valence-corrected chi connectivity index (χ2v) is 5.90. The number of aromatic nitrogens is 2. The number of hydrogen-bond donors (Lipinski definition) is 1. The molecule has 0 atom stereocenters. The fraction of sp³-hybridized carbons (Fsp3) is 0.286. The van der Waals surface area contributed by atoms with E-state index < -0.39 is 23.0 Å². The largest absolute Gasteiger partial charge is 0.367 e. The predicted octanol–water partition coefficient (Wildman–Crippen LogP) is 4.76. The van der Waals surface area contributed by atoms with Crippen LogP contribution in [0.25, 0.3) is 11.1 Å². The molecule has 0 saturated carbocycles. The Morgan fingerprint density at radius 2 is 1.68 bits per heavy atom. The molecule has 22 heavy (non-hydrogen) atoms. The molecule has 1 N–H and O–H groups in total. The molecule has 0 unspecified atom stereocenters. The van der Waals surface area contributed by atoms with Gasteiger partial charge >= 0.3 is 0 Å². The highest BCUT2D eigenvalue weighted by Gasteiger charge is 2.23. The van der Waals surface area contributed by atoms with E-state index in [-0.39, 0.29) is 22.6 Å². The molecule has 0 saturated heterocycles. The van der Waals surface area contributed by atoms with Gasteiger partial charge in [-0.3, -0.25) is 0 Å². The molecule has 1 aromatic carbocycles. The Balaban J connectivity index is 2.74. The third-order valence-electron chi connectivity index (χ3n) is 2.71. The Morgan fingerprint density at radius 1 is 1.09 bits per heavy atom. The summed E-state index contributed by atoms with van der Waals surface area (Å²) < 4.78 is 41.2. The van der Waals surface area contributed by atoms with Crippen LogP contribution in [-0.4, -0.2) is 22.3 Å². The third-order valence-corrected chi connectivity index (χ3v) is 3.53. The van der Waals surface area contributed by atoms with Crippen LogP contribution in [0, 0.1) is 17.5 Å². The van der Waals surface area contributed by atoms with Gasteiger partial charge in [0.2, 0.25) is 0 Å². The molecule has 2 aromatic rings. The van der Waals surface area contributed by atoms with Gasteiger partial charge in [-0.15, -0.1) is 0 Å². The fourth-order valence-corrected chi connectivity index (χ4v) is 2.57. The maximum Gasteiger partial charge on any atom is 0.190 e. The normalized spacial score (nSPS) is 11.1. The Kier molecular flexibility index (Phi) is 5.18. The first-order chi connectivity index (χ1) is 10.3. The number of halogens is 4. The van der Waals surface area contributed by atoms with E-state index in [4.69, 9.17) is 11.6 Å². The van der Waals surface area contributed by atoms with E-state index in [1.165, 1.54) is 11.8 Å². The van der Waals surface area contributed by atoms with Crippen LogP contribution in [0.3, 0.4) is 0 Å². The predicted molar refractivity (Wildman–Crippen MR) is 82.9 cm³/mol. The molecule has 0 aliphatic rings. The second kappa shape index (κ2) is 6.75. The summed E-state index contributed by atoms with van der Waals surface area (Å²) in [7, 11) is 0. The second-order valence-electron chi connectivity index (χ2n) is 4.77. The van der Waals surface area contributed by atoms with Crippen molar-refractivity contribution in [3.63, 3.8) is 0 Å². The maximum atomic E-state index is 14.0. The van der Waals surface area contributed by atoms with Crippen molar-refractivity contribution < 1.29 is 13.2 Å². The first kappa shape index (κ1) is 16.9. The lowest BCUT2D eigenvalue weighted by Gasteiger charge is -2.16. The van der Waals surface area contributed by atoms with Gasteiger partial charge in [0.05, 0.1) is 11.1 Å². The number of benzene rings is 1. The number of rotatable bonds is 4. The van der Waals surface area contributed by atoms with Crippen LogP contribution < -0.4 is 5.32 Å². The summed E-state index contributed by atoms with van der Waals surface area (Å²) in [5.74, 6) is -2.93. The van der Waals surface area contributed by atoms with E-state index in [9.17, 15) is 13.2 Å². The summed E-state index contributed by atoms with van der Waals surface area (Å²) in [5, 5.41) is 3.24. The lowest BCUT2D eigenvalue weighted by molar-refractivity contribution is 0.548. The van der Waals surface area contributed by atoms with Crippen molar-refractivity contribution in [2.24, 2.45) is 0 Å². The van der Waals surface area contributed by atoms with E-state index in [1.807, 2.05) is 13.8 Å². The van der Waals surface area contributed by atoms with Crippen LogP contribution in [0.15, 0.2) is 17.3 Å². The van der Waals surface area contributed by atoms with E-state index in [0.717, 1.165) is 0 Å². The highest BCUT2D eigenvalue weighted by atomic mass is 35.5. The quantitative estimate of drug-likeness (QED) is 0.492. The number of nitrogens with one attached hydrogen (secondary N) is 1. The Labute approximate surface area is 135 Å². The molecule has 0 spiro atoms. The van der Waals surface area contributed by atoms with Crippen LogP contribution >= 0.6 is 23.4 Å². The summed E-state index contributed by atoms with van der Waals surface area (Å²) in [6, 6.07) is 1.14. The highest BCUT2D eigenvalue weighted by Crippen LogP contribution is 2.37. The molecular weight excluding hydrogens is 335 g/mol. The topological polar surface area (TPSA) is 37.8 Å². The first-order valence-electron chi connectivity index (χ1n) is 6.36. The van der Waals surface area contributed by atoms with Crippen LogP contribution in [0.1, 0.15) is 13.8 Å². The van der Waals surface area contributed by atoms with Crippen molar-refractivity contribution in [2.75, 3.05) is 11.6 Å². The number of anilines is 1. The summed E-state index contributed by atoms with van der Waals surface area (Å²) >= 11 is 7.33. The highest BCUT2D eigenvalue weighted by molar-refractivity contribution is 7.98. The molecule has 0 aliphatic carbocycles. The van der Waals surface area contributed by atoms with Crippen LogP contribution in [-0.2, 0) is 0 Å². The molecule has 1 heterocycles. The van der Waals surface area contributed by atoms with Gasteiger partial charge in [-0.2, -0.15) is 0 Å². The van der Waals surface area contributed by atoms with Gasteiger partial charge in [-0.05, 0) is 20.1 Å². The molecule has 118 valence electrons. The zero-order chi connectivity index (χ0) is 16.4. The SMILES string of the molecule is CSc1nc(Cl)c(-c2c(F)cc(F)cc2F)c(NC(C)C)n1. The molecule has 0 bridgehead atoms. The molecule has 0 amide bonds. The smallest absolute Gasteiger partial charge is 0.190 e. The molecule has 0 radical (unpaired) electrons. The van der Waals surface area contributed by atoms with Gasteiger partial charge in [0.15, 0.2) is 5.16 Å². The monoisotopic (exact) mass is 347 g/mol. The van der Waals surface area contributed by atoms with Crippen molar-refractivity contribution in [1.82, 2.24) is 9.97 Å². The summed E-state index contributed by atoms with van der Waals surface area (Å²) in [6.07, 6.45) is 1.75. The average molecular weight is 348 g/mol. The molecular formula is C14H13ClF3N3S. The van der Waals surface area contributed by atoms with Crippen molar-refractivity contribution in [3.8, 4) is 11.1 Å². The fourth-order valence-electron chi connectivity index (χ4n) is 1.89. The van der Waals surface area contributed by atoms with E-state index in [2.05, 4.69) is 15.3 Å². The van der Waals surface area contributed by atoms with Gasteiger partial charge in [0.25, 0.3) is 0 Å². The van der Waals surface area contributed by atoms with E-state index in [0.29, 0.717) is 17.3 Å². The van der Waals surface area contributed by atoms with Gasteiger partial charge in [-0.1, -0.05) is 23.4 Å². The Bertz CT molecular complexity index is 687. The van der Waals surface area contributed by atoms with Gasteiger partial charge in [-0.25, -0.2) is 23.1 Å². The van der Waals surface area contributed by atoms with E-state index in [1.54, 1.807) is 6.26 Å². The van der Waals surface area contributed by atoms with Crippen molar-refractivity contribution in [1.29, 1.82) is 0 Å². The van der Waals surface area contributed by atoms with Crippen molar-refractivity contribution in [3.05, 3.63) is 34.7 Å². The molecule has 8 heteroatoms. The minimum absolute atomic E-state index is 0.0248. The summed E-state index contributed by atoms with van der Waals surface area (Å²) in [6.45, 7) is 3.69. The Morgan fingerprint density at radius 3 is 2.18 bits per heavy atom. The molecule has 0 fully saturated rings. The van der Waals surface area contributed by atoms with Crippen LogP contribution in [0.2, 0.25) is 5.15 Å². The van der Waals surface area contributed by atoms with Crippen molar-refractivity contribution >= 4 is 29.2 Å². The maximum absolute atomic E-state index is 14.0. The standard InChI is InChI=1S/C14H13ClF3N3S/c1-6(2)19-13-11(12(15)20-14(21-13)22-3)10-8(17)4-7(16)5-9(10)18/h4-6H,1-3H3,(H,19,20,21). The molecule has 3 nitrogen and oxygen atoms in total. The van der Waals surface area contributed by atoms with Gasteiger partial charge in [0.1, 0.15) is 28.4 Å². The minimum atomic E-state index is -1.06. The number of nitrogens with zero attached hydrogens (tertiary/aromatic N) is 2. The lowest BCUT2D eigenvalue weighted by atomic mass is 10.1. The first-order valence-corrected chi connectivity index (χ1v) is 7.96. The molecule has 2 rings (SSSR count). The summed E-state index contributed by atoms with van der Waals surface area (Å²) in [5.41, 5.74) is -0.481. The van der Waals surface area contributed by atoms with Crippen LogP contribution in [0.4, 0.5) is 19.0 Å². The minimum Gasteiger partial charge on any atom is -0.367 e. The Hall–Kier alpha value is -1.47. The van der Waals surface area contributed by atoms with Gasteiger partial charge < -0.3 is 5.32 Å². The van der Waals surface area contributed by atoms with Crippen LogP contribution in [0.5, 0.6) is 0 Å². The number of thioether (sulfide) groups is 1.